The molecule has 0 heterocycles. The van der Waals surface area contributed by atoms with Crippen LogP contribution in [0.3, 0.4) is 0 Å². The number of carbonyl (C=O) groups is 1. The van der Waals surface area contributed by atoms with E-state index in [0.717, 1.165) is 12.1 Å². The molecule has 118 valence electrons. The summed E-state index contributed by atoms with van der Waals surface area (Å²) in [4.78, 5) is 6.30. The van der Waals surface area contributed by atoms with Gasteiger partial charge in [0.25, 0.3) is 5.91 Å². The molecule has 0 saturated heterocycles. The number of nitrogens with one attached hydrogen (secondary N) is 1. The van der Waals surface area contributed by atoms with E-state index in [1.165, 1.54) is 11.4 Å². The van der Waals surface area contributed by atoms with Gasteiger partial charge in [-0.2, -0.15) is 26.3 Å². The molecule has 2 nitrogen and oxygen atoms in total. The molecule has 0 aliphatic heterocycles. The van der Waals surface area contributed by atoms with Crippen molar-refractivity contribution in [2.45, 2.75) is 17.2 Å². The van der Waals surface area contributed by atoms with Crippen LogP contribution in [0.5, 0.6) is 0 Å². The molecule has 1 N–H and O–H groups in total. The fourth-order valence-electron chi connectivity index (χ4n) is 1.22. The summed E-state index contributed by atoms with van der Waals surface area (Å²) in [6, 6.07) is 3.18. The van der Waals surface area contributed by atoms with Crippen LogP contribution in [-0.4, -0.2) is 23.1 Å². The molecule has 0 atom stereocenters. The van der Waals surface area contributed by atoms with Crippen LogP contribution in [0.1, 0.15) is 0 Å². The van der Waals surface area contributed by atoms with Crippen LogP contribution in [0, 0.1) is 0 Å². The molecule has 0 aliphatic rings. The van der Waals surface area contributed by atoms with Crippen molar-refractivity contribution < 1.29 is 31.1 Å². The molecule has 1 aromatic carbocycles. The van der Waals surface area contributed by atoms with E-state index in [9.17, 15) is 31.1 Å². The number of carbonyl (C=O) groups excluding carboxylic acids is 1. The van der Waals surface area contributed by atoms with Crippen LogP contribution in [0.2, 0.25) is 10.0 Å². The molecule has 1 amide bonds. The van der Waals surface area contributed by atoms with E-state index < -0.39 is 28.8 Å². The Labute approximate surface area is 129 Å². The van der Waals surface area contributed by atoms with Crippen molar-refractivity contribution in [3.63, 3.8) is 0 Å². The first-order valence-corrected chi connectivity index (χ1v) is 6.03. The summed E-state index contributed by atoms with van der Waals surface area (Å²) in [6.45, 7) is 0. The molecule has 1 aromatic rings. The van der Waals surface area contributed by atoms with Crippen molar-refractivity contribution in [3.8, 4) is 0 Å². The second-order valence-corrected chi connectivity index (χ2v) is 5.14. The highest BCUT2D eigenvalue weighted by atomic mass is 35.5. The largest absolute Gasteiger partial charge is 0.425 e. The predicted octanol–water partition coefficient (Wildman–Crippen LogP) is 5.03. The van der Waals surface area contributed by atoms with Crippen LogP contribution < -0.4 is 5.32 Å². The minimum Gasteiger partial charge on any atom is -0.323 e. The first kappa shape index (κ1) is 18.2. The van der Waals surface area contributed by atoms with Crippen molar-refractivity contribution in [3.05, 3.63) is 28.2 Å². The molecule has 0 aliphatic carbocycles. The number of alkyl halides is 7. The van der Waals surface area contributed by atoms with Gasteiger partial charge in [0.1, 0.15) is 0 Å². The molecule has 0 spiro atoms. The lowest BCUT2D eigenvalue weighted by atomic mass is 10.1. The summed E-state index contributed by atoms with van der Waals surface area (Å²) in [5.41, 5.74) is -0.535. The predicted molar refractivity (Wildman–Crippen MR) is 65.8 cm³/mol. The number of rotatable bonds is 2. The Morgan fingerprint density at radius 3 is 1.90 bits per heavy atom. The number of hydrogen-bond donors (Lipinski definition) is 1. The number of halogens is 9. The second kappa shape index (κ2) is 5.73. The van der Waals surface area contributed by atoms with Gasteiger partial charge in [-0.25, -0.2) is 0 Å². The van der Waals surface area contributed by atoms with E-state index >= 15 is 0 Å². The summed E-state index contributed by atoms with van der Waals surface area (Å²) in [6.07, 6.45) is -12.1. The van der Waals surface area contributed by atoms with Gasteiger partial charge in [0.05, 0.1) is 10.7 Å². The third-order valence-corrected chi connectivity index (χ3v) is 3.44. The van der Waals surface area contributed by atoms with Gasteiger partial charge in [0, 0.05) is 5.02 Å². The fourth-order valence-corrected chi connectivity index (χ4v) is 1.60. The Hall–Kier alpha value is -0.860. The Balaban J connectivity index is 3.24. The monoisotopic (exact) mass is 373 g/mol. The molecule has 1 rings (SSSR count). The van der Waals surface area contributed by atoms with E-state index in [-0.39, 0.29) is 10.0 Å². The van der Waals surface area contributed by atoms with Gasteiger partial charge in [-0.1, -0.05) is 34.8 Å². The summed E-state index contributed by atoms with van der Waals surface area (Å²) in [5, 5.41) is 1.01. The minimum atomic E-state index is -6.07. The Kier molecular flexibility index (Phi) is 4.97. The van der Waals surface area contributed by atoms with Gasteiger partial charge in [0.2, 0.25) is 0 Å². The third-order valence-electron chi connectivity index (χ3n) is 2.27. The van der Waals surface area contributed by atoms with Crippen molar-refractivity contribution in [2.75, 3.05) is 5.32 Å². The normalized spacial score (nSPS) is 13.2. The number of anilines is 1. The first-order chi connectivity index (χ1) is 9.30. The highest BCUT2D eigenvalue weighted by Crippen LogP contribution is 2.48. The molecule has 0 saturated carbocycles. The average molecular weight is 374 g/mol. The average Bonchev–Trinajstić information content (AvgIpc) is 2.29. The SMILES string of the molecule is O=C(Nc1cc(Cl)ccc1Cl)C(Cl)(C(F)(F)F)C(F)(F)F. The Morgan fingerprint density at radius 1 is 1.00 bits per heavy atom. The zero-order valence-electron chi connectivity index (χ0n) is 9.54. The van der Waals surface area contributed by atoms with Gasteiger partial charge in [-0.3, -0.25) is 4.79 Å². The van der Waals surface area contributed by atoms with Crippen molar-refractivity contribution in [1.29, 1.82) is 0 Å². The lowest BCUT2D eigenvalue weighted by Gasteiger charge is -2.30. The van der Waals surface area contributed by atoms with E-state index in [0.29, 0.717) is 0 Å². The highest BCUT2D eigenvalue weighted by Gasteiger charge is 2.75. The van der Waals surface area contributed by atoms with E-state index in [2.05, 4.69) is 11.6 Å². The smallest absolute Gasteiger partial charge is 0.323 e. The fraction of sp³-hybridized carbons (Fsp3) is 0.300. The van der Waals surface area contributed by atoms with Crippen LogP contribution in [-0.2, 0) is 4.79 Å². The maximum absolute atomic E-state index is 12.6. The summed E-state index contributed by atoms with van der Waals surface area (Å²) in [7, 11) is 0. The Bertz CT molecular complexity index is 543. The van der Waals surface area contributed by atoms with Gasteiger partial charge in [0.15, 0.2) is 0 Å². The number of benzene rings is 1. The van der Waals surface area contributed by atoms with E-state index in [1.54, 1.807) is 0 Å². The van der Waals surface area contributed by atoms with Crippen molar-refractivity contribution >= 4 is 46.4 Å². The van der Waals surface area contributed by atoms with Crippen LogP contribution in [0.15, 0.2) is 18.2 Å². The van der Waals surface area contributed by atoms with Crippen molar-refractivity contribution in [2.24, 2.45) is 0 Å². The minimum absolute atomic E-state index is 0.0612. The molecular formula is C10H4Cl3F6NO. The zero-order valence-corrected chi connectivity index (χ0v) is 11.8. The van der Waals surface area contributed by atoms with Crippen molar-refractivity contribution in [1.82, 2.24) is 0 Å². The van der Waals surface area contributed by atoms with Gasteiger partial charge >= 0.3 is 17.2 Å². The van der Waals surface area contributed by atoms with Gasteiger partial charge < -0.3 is 5.32 Å². The van der Waals surface area contributed by atoms with Crippen LogP contribution >= 0.6 is 34.8 Å². The maximum atomic E-state index is 12.6. The Morgan fingerprint density at radius 2 is 1.48 bits per heavy atom. The maximum Gasteiger partial charge on any atom is 0.425 e. The molecule has 0 bridgehead atoms. The van der Waals surface area contributed by atoms with Crippen LogP contribution in [0.4, 0.5) is 32.0 Å². The standard InChI is InChI=1S/C10H4Cl3F6NO/c11-4-1-2-5(12)6(3-4)20-7(21)8(13,9(14,15)16)10(17,18)19/h1-3H,(H,20,21). The summed E-state index contributed by atoms with van der Waals surface area (Å²) in [5.74, 6) is -2.53. The number of amides is 1. The number of hydrogen-bond acceptors (Lipinski definition) is 1. The zero-order chi connectivity index (χ0) is 16.6. The molecule has 21 heavy (non-hydrogen) atoms. The molecule has 0 radical (unpaired) electrons. The lowest BCUT2D eigenvalue weighted by molar-refractivity contribution is -0.258. The third kappa shape index (κ3) is 3.49. The molecule has 0 fully saturated rings. The topological polar surface area (TPSA) is 29.1 Å². The second-order valence-electron chi connectivity index (χ2n) is 3.73. The molecule has 0 unspecified atom stereocenters. The van der Waals surface area contributed by atoms with E-state index in [4.69, 9.17) is 23.2 Å². The summed E-state index contributed by atoms with van der Waals surface area (Å²) < 4.78 is 75.4. The van der Waals surface area contributed by atoms with Crippen LogP contribution in [0.25, 0.3) is 0 Å². The van der Waals surface area contributed by atoms with Gasteiger partial charge in [-0.15, -0.1) is 0 Å². The summed E-state index contributed by atoms with van der Waals surface area (Å²) >= 11 is 15.6. The molecule has 11 heteroatoms. The lowest BCUT2D eigenvalue weighted by Crippen LogP contribution is -2.60. The molecule has 0 aromatic heterocycles. The van der Waals surface area contributed by atoms with Gasteiger partial charge in [-0.05, 0) is 18.2 Å². The molecular weight excluding hydrogens is 370 g/mol. The van der Waals surface area contributed by atoms with E-state index in [1.807, 2.05) is 0 Å². The first-order valence-electron chi connectivity index (χ1n) is 4.89. The highest BCUT2D eigenvalue weighted by molar-refractivity contribution is 6.39. The quantitative estimate of drug-likeness (QED) is 0.571.